The van der Waals surface area contributed by atoms with Gasteiger partial charge in [0.05, 0.1) is 6.10 Å². The molecule has 2 saturated heterocycles. The Labute approximate surface area is 106 Å². The fourth-order valence-electron chi connectivity index (χ4n) is 3.29. The molecule has 2 aliphatic heterocycles. The highest BCUT2D eigenvalue weighted by Gasteiger charge is 2.25. The number of hydrogen-bond donors (Lipinski definition) is 1. The molecule has 0 aromatic heterocycles. The number of rotatable bonds is 4. The van der Waals surface area contributed by atoms with E-state index in [1.54, 1.807) is 0 Å². The number of methoxy groups -OCH3 is 1. The Hall–Kier alpha value is -0.120. The van der Waals surface area contributed by atoms with Crippen LogP contribution in [0.15, 0.2) is 0 Å². The van der Waals surface area contributed by atoms with Crippen LogP contribution in [0, 0.1) is 5.92 Å². The first kappa shape index (κ1) is 13.3. The average molecular weight is 240 g/mol. The molecule has 2 heterocycles. The number of hydrogen-bond acceptors (Lipinski definition) is 3. The highest BCUT2D eigenvalue weighted by molar-refractivity contribution is 4.83. The maximum absolute atomic E-state index is 5.49. The molecule has 3 nitrogen and oxygen atoms in total. The number of ether oxygens (including phenoxy) is 1. The van der Waals surface area contributed by atoms with E-state index in [9.17, 15) is 0 Å². The molecule has 0 aromatic carbocycles. The number of piperidine rings is 2. The Kier molecular flexibility index (Phi) is 5.26. The van der Waals surface area contributed by atoms with Crippen LogP contribution < -0.4 is 5.32 Å². The number of nitrogens with zero attached hydrogens (tertiary/aromatic N) is 1. The normalized spacial score (nSPS) is 36.0. The average Bonchev–Trinajstić information content (AvgIpc) is 2.39. The summed E-state index contributed by atoms with van der Waals surface area (Å²) in [6.45, 7) is 7.15. The van der Waals surface area contributed by atoms with Gasteiger partial charge in [0.25, 0.3) is 0 Å². The lowest BCUT2D eigenvalue weighted by atomic mass is 9.90. The lowest BCUT2D eigenvalue weighted by molar-refractivity contribution is 0.0259. The summed E-state index contributed by atoms with van der Waals surface area (Å²) in [6.07, 6.45) is 7.08. The van der Waals surface area contributed by atoms with Crippen molar-refractivity contribution in [2.45, 2.75) is 51.2 Å². The zero-order valence-electron chi connectivity index (χ0n) is 11.5. The molecule has 0 aliphatic carbocycles. The molecule has 2 fully saturated rings. The highest BCUT2D eigenvalue weighted by atomic mass is 16.5. The van der Waals surface area contributed by atoms with Crippen LogP contribution in [-0.4, -0.2) is 50.3 Å². The van der Waals surface area contributed by atoms with Crippen molar-refractivity contribution in [2.24, 2.45) is 5.92 Å². The van der Waals surface area contributed by atoms with Gasteiger partial charge in [0.2, 0.25) is 0 Å². The van der Waals surface area contributed by atoms with Crippen molar-refractivity contribution >= 4 is 0 Å². The molecule has 2 aliphatic rings. The van der Waals surface area contributed by atoms with Crippen molar-refractivity contribution in [2.75, 3.05) is 33.3 Å². The van der Waals surface area contributed by atoms with Gasteiger partial charge in [-0.1, -0.05) is 13.3 Å². The van der Waals surface area contributed by atoms with Crippen molar-refractivity contribution < 1.29 is 4.74 Å². The molecule has 3 atom stereocenters. The molecule has 100 valence electrons. The molecular weight excluding hydrogens is 212 g/mol. The van der Waals surface area contributed by atoms with Gasteiger partial charge in [-0.05, 0) is 44.7 Å². The maximum Gasteiger partial charge on any atom is 0.0698 e. The molecule has 0 bridgehead atoms. The summed E-state index contributed by atoms with van der Waals surface area (Å²) in [6, 6.07) is 0.712. The van der Waals surface area contributed by atoms with Crippen LogP contribution in [0.25, 0.3) is 0 Å². The van der Waals surface area contributed by atoms with Gasteiger partial charge in [-0.25, -0.2) is 0 Å². The number of nitrogens with one attached hydrogen (secondary N) is 1. The quantitative estimate of drug-likeness (QED) is 0.812. The van der Waals surface area contributed by atoms with Crippen molar-refractivity contribution in [3.8, 4) is 0 Å². The largest absolute Gasteiger partial charge is 0.380 e. The molecule has 3 heteroatoms. The van der Waals surface area contributed by atoms with E-state index in [1.807, 2.05) is 7.11 Å². The van der Waals surface area contributed by atoms with Gasteiger partial charge in [-0.3, -0.25) is 4.90 Å². The predicted molar refractivity (Wildman–Crippen MR) is 71.3 cm³/mol. The molecule has 0 aromatic rings. The smallest absolute Gasteiger partial charge is 0.0698 e. The number of likely N-dealkylation sites (tertiary alicyclic amines) is 1. The van der Waals surface area contributed by atoms with E-state index in [0.29, 0.717) is 12.1 Å². The second-order valence-electron chi connectivity index (χ2n) is 5.71. The summed E-state index contributed by atoms with van der Waals surface area (Å²) in [5.41, 5.74) is 0. The third-order valence-electron chi connectivity index (χ3n) is 4.45. The highest BCUT2D eigenvalue weighted by Crippen LogP contribution is 2.21. The van der Waals surface area contributed by atoms with E-state index in [2.05, 4.69) is 17.1 Å². The summed E-state index contributed by atoms with van der Waals surface area (Å²) in [7, 11) is 1.85. The first-order valence-electron chi connectivity index (χ1n) is 7.30. The monoisotopic (exact) mass is 240 g/mol. The van der Waals surface area contributed by atoms with E-state index >= 15 is 0 Å². The van der Waals surface area contributed by atoms with Gasteiger partial charge in [-0.15, -0.1) is 0 Å². The van der Waals surface area contributed by atoms with E-state index in [1.165, 1.54) is 51.7 Å². The van der Waals surface area contributed by atoms with Crippen molar-refractivity contribution in [3.05, 3.63) is 0 Å². The summed E-state index contributed by atoms with van der Waals surface area (Å²) >= 11 is 0. The maximum atomic E-state index is 5.49. The lowest BCUT2D eigenvalue weighted by Crippen LogP contribution is -2.49. The zero-order valence-corrected chi connectivity index (χ0v) is 11.5. The third kappa shape index (κ3) is 3.94. The zero-order chi connectivity index (χ0) is 12.1. The fourth-order valence-corrected chi connectivity index (χ4v) is 3.29. The van der Waals surface area contributed by atoms with Crippen LogP contribution in [0.1, 0.15) is 39.0 Å². The standard InChI is InChI=1S/C14H28N2O/c1-3-12-6-7-15-13(9-12)10-16-8-4-5-14(11-16)17-2/h12-15H,3-11H2,1-2H3. The lowest BCUT2D eigenvalue weighted by Gasteiger charge is -2.37. The van der Waals surface area contributed by atoms with Crippen LogP contribution in [0.5, 0.6) is 0 Å². The molecular formula is C14H28N2O. The third-order valence-corrected chi connectivity index (χ3v) is 4.45. The predicted octanol–water partition coefficient (Wildman–Crippen LogP) is 1.88. The van der Waals surface area contributed by atoms with Gasteiger partial charge in [-0.2, -0.15) is 0 Å². The molecule has 17 heavy (non-hydrogen) atoms. The molecule has 1 N–H and O–H groups in total. The Bertz CT molecular complexity index is 200. The summed E-state index contributed by atoms with van der Waals surface area (Å²) < 4.78 is 5.49. The Balaban J connectivity index is 1.75. The van der Waals surface area contributed by atoms with Crippen molar-refractivity contribution in [3.63, 3.8) is 0 Å². The molecule has 0 spiro atoms. The van der Waals surface area contributed by atoms with Crippen molar-refractivity contribution in [1.82, 2.24) is 10.2 Å². The minimum Gasteiger partial charge on any atom is -0.380 e. The summed E-state index contributed by atoms with van der Waals surface area (Å²) in [5.74, 6) is 0.948. The molecule has 0 saturated carbocycles. The summed E-state index contributed by atoms with van der Waals surface area (Å²) in [4.78, 5) is 2.59. The SMILES string of the molecule is CCC1CCNC(CN2CCCC(OC)C2)C1. The first-order valence-corrected chi connectivity index (χ1v) is 7.30. The van der Waals surface area contributed by atoms with E-state index in [4.69, 9.17) is 4.74 Å². The Morgan fingerprint density at radius 2 is 2.24 bits per heavy atom. The topological polar surface area (TPSA) is 24.5 Å². The second-order valence-corrected chi connectivity index (χ2v) is 5.71. The van der Waals surface area contributed by atoms with Crippen LogP contribution in [-0.2, 0) is 4.74 Å². The Morgan fingerprint density at radius 3 is 3.00 bits per heavy atom. The van der Waals surface area contributed by atoms with Gasteiger partial charge in [0.1, 0.15) is 0 Å². The van der Waals surface area contributed by atoms with Gasteiger partial charge in [0, 0.05) is 26.2 Å². The molecule has 2 rings (SSSR count). The van der Waals surface area contributed by atoms with Gasteiger partial charge >= 0.3 is 0 Å². The first-order chi connectivity index (χ1) is 8.31. The van der Waals surface area contributed by atoms with Crippen LogP contribution >= 0.6 is 0 Å². The minimum absolute atomic E-state index is 0.467. The van der Waals surface area contributed by atoms with Gasteiger partial charge in [0.15, 0.2) is 0 Å². The molecule has 3 unspecified atom stereocenters. The van der Waals surface area contributed by atoms with Gasteiger partial charge < -0.3 is 10.1 Å². The molecule has 0 radical (unpaired) electrons. The van der Waals surface area contributed by atoms with E-state index in [0.717, 1.165) is 12.5 Å². The van der Waals surface area contributed by atoms with Crippen LogP contribution in [0.4, 0.5) is 0 Å². The summed E-state index contributed by atoms with van der Waals surface area (Å²) in [5, 5.41) is 3.68. The van der Waals surface area contributed by atoms with Crippen LogP contribution in [0.3, 0.4) is 0 Å². The minimum atomic E-state index is 0.467. The van der Waals surface area contributed by atoms with E-state index in [-0.39, 0.29) is 0 Å². The van der Waals surface area contributed by atoms with Crippen LogP contribution in [0.2, 0.25) is 0 Å². The fraction of sp³-hybridized carbons (Fsp3) is 1.00. The Morgan fingerprint density at radius 1 is 1.35 bits per heavy atom. The second kappa shape index (κ2) is 6.72. The van der Waals surface area contributed by atoms with Crippen molar-refractivity contribution in [1.29, 1.82) is 0 Å². The van der Waals surface area contributed by atoms with E-state index < -0.39 is 0 Å². The molecule has 0 amide bonds.